The van der Waals surface area contributed by atoms with E-state index in [0.717, 1.165) is 48.3 Å². The number of likely N-dealkylation sites (N-methyl/N-ethyl adjacent to an activating group) is 1. The zero-order valence-electron chi connectivity index (χ0n) is 35.9. The maximum absolute atomic E-state index is 15.2. The number of hydrogen-bond acceptors (Lipinski definition) is 12. The number of esters is 1. The number of Topliss-reactive ketones (excluding diaryl/α,β-unsaturated/α-hetero) is 2. The van der Waals surface area contributed by atoms with Gasteiger partial charge in [0.25, 0.3) is 5.60 Å². The Hall–Kier alpha value is -4.59. The molecule has 7 rings (SSSR count). The van der Waals surface area contributed by atoms with Gasteiger partial charge in [0.1, 0.15) is 5.82 Å². The molecule has 1 aromatic carbocycles. The van der Waals surface area contributed by atoms with E-state index in [1.165, 1.54) is 5.57 Å². The molecule has 0 amide bonds. The molecule has 8 N–H and O–H groups in total. The summed E-state index contributed by atoms with van der Waals surface area (Å²) in [5.74, 6) is -0.544. The predicted molar refractivity (Wildman–Crippen MR) is 233 cm³/mol. The van der Waals surface area contributed by atoms with Crippen molar-refractivity contribution in [2.75, 3.05) is 40.0 Å². The normalized spacial score (nSPS) is 28.4. The van der Waals surface area contributed by atoms with Crippen molar-refractivity contribution in [3.05, 3.63) is 117 Å². The summed E-state index contributed by atoms with van der Waals surface area (Å²) in [5, 5.41) is 27.3. The molecule has 0 saturated carbocycles. The number of fused-ring (bicyclic) bond motifs is 3. The fraction of sp³-hybridized carbons (Fsp3) is 0.521. The topological polar surface area (TPSA) is 179 Å². The van der Waals surface area contributed by atoms with Gasteiger partial charge in [0.15, 0.2) is 11.4 Å². The van der Waals surface area contributed by atoms with E-state index in [9.17, 15) is 9.90 Å². The lowest BCUT2D eigenvalue weighted by atomic mass is 9.68. The van der Waals surface area contributed by atoms with E-state index in [1.54, 1.807) is 12.1 Å². The Morgan fingerprint density at radius 2 is 1.98 bits per heavy atom. The monoisotopic (exact) mass is 820 g/mol. The second kappa shape index (κ2) is 18.2. The third-order valence-electron chi connectivity index (χ3n) is 13.1. The van der Waals surface area contributed by atoms with Crippen LogP contribution in [0, 0.1) is 17.3 Å². The number of ether oxygens (including phenoxy) is 2. The first-order valence-electron chi connectivity index (χ1n) is 21.8. The minimum Gasteiger partial charge on any atom is -0.463 e. The van der Waals surface area contributed by atoms with Gasteiger partial charge in [0.2, 0.25) is 5.78 Å². The van der Waals surface area contributed by atoms with Gasteiger partial charge < -0.3 is 46.9 Å². The Morgan fingerprint density at radius 1 is 1.15 bits per heavy atom. The number of nitrogens with two attached hydrogens (primary N) is 1. The highest BCUT2D eigenvalue weighted by Crippen LogP contribution is 2.60. The van der Waals surface area contributed by atoms with Crippen LogP contribution in [0.4, 0.5) is 0 Å². The van der Waals surface area contributed by atoms with E-state index in [0.29, 0.717) is 56.0 Å². The highest BCUT2D eigenvalue weighted by atomic mass is 16.7. The molecule has 6 unspecified atom stereocenters. The zero-order valence-corrected chi connectivity index (χ0v) is 35.9. The number of allylic oxidation sites excluding steroid dienone is 8. The van der Waals surface area contributed by atoms with Crippen molar-refractivity contribution in [3.8, 4) is 0 Å². The maximum Gasteiger partial charge on any atom is 0.350 e. The summed E-state index contributed by atoms with van der Waals surface area (Å²) in [5.41, 5.74) is 7.76. The lowest BCUT2D eigenvalue weighted by molar-refractivity contribution is -0.150. The molecule has 0 spiro atoms. The second-order valence-corrected chi connectivity index (χ2v) is 18.1. The number of aliphatic hydroxyl groups is 1. The molecule has 1 aromatic rings. The molecule has 3 heterocycles. The number of benzene rings is 1. The number of dihydropyridines is 2. The van der Waals surface area contributed by atoms with Gasteiger partial charge in [-0.3, -0.25) is 9.59 Å². The molecule has 1 saturated heterocycles. The number of hydrogen-bond donors (Lipinski definition) is 7. The molecule has 0 radical (unpaired) electrons. The van der Waals surface area contributed by atoms with Crippen molar-refractivity contribution in [2.45, 2.75) is 102 Å². The first-order chi connectivity index (χ1) is 28.8. The Kier molecular flexibility index (Phi) is 13.2. The molecule has 60 heavy (non-hydrogen) atoms. The van der Waals surface area contributed by atoms with Crippen molar-refractivity contribution in [1.82, 2.24) is 26.6 Å². The number of ketones is 2. The van der Waals surface area contributed by atoms with E-state index in [-0.39, 0.29) is 54.3 Å². The smallest absolute Gasteiger partial charge is 0.350 e. The molecule has 6 atom stereocenters. The van der Waals surface area contributed by atoms with E-state index in [1.807, 2.05) is 38.4 Å². The minimum absolute atomic E-state index is 0.0101. The van der Waals surface area contributed by atoms with Crippen LogP contribution in [0.1, 0.15) is 98.9 Å². The molecule has 0 bridgehead atoms. The summed E-state index contributed by atoms with van der Waals surface area (Å²) in [6, 6.07) is 5.33. The molecule has 3 aliphatic heterocycles. The van der Waals surface area contributed by atoms with Crippen molar-refractivity contribution in [2.24, 2.45) is 23.0 Å². The molecule has 3 aliphatic carbocycles. The quantitative estimate of drug-likeness (QED) is 0.0351. The zero-order chi connectivity index (χ0) is 42.7. The minimum atomic E-state index is -2.17. The lowest BCUT2D eigenvalue weighted by Gasteiger charge is -2.36. The van der Waals surface area contributed by atoms with Crippen molar-refractivity contribution < 1.29 is 29.0 Å². The molecule has 322 valence electrons. The van der Waals surface area contributed by atoms with Crippen LogP contribution in [-0.4, -0.2) is 86.1 Å². The van der Waals surface area contributed by atoms with Crippen LogP contribution in [0.3, 0.4) is 0 Å². The van der Waals surface area contributed by atoms with Gasteiger partial charge in [-0.1, -0.05) is 74.9 Å². The Labute approximate surface area is 354 Å². The van der Waals surface area contributed by atoms with Gasteiger partial charge >= 0.3 is 5.97 Å². The molecular formula is C48H64N6O6. The third kappa shape index (κ3) is 8.76. The lowest BCUT2D eigenvalue weighted by Crippen LogP contribution is -2.52. The average Bonchev–Trinajstić information content (AvgIpc) is 3.94. The van der Waals surface area contributed by atoms with Crippen LogP contribution in [0.25, 0.3) is 0 Å². The molecule has 0 aromatic heterocycles. The highest BCUT2D eigenvalue weighted by molar-refractivity contribution is 6.33. The van der Waals surface area contributed by atoms with Crippen LogP contribution in [0.5, 0.6) is 0 Å². The number of nitrogens with one attached hydrogen (secondary N) is 5. The highest BCUT2D eigenvalue weighted by Gasteiger charge is 2.85. The van der Waals surface area contributed by atoms with Crippen LogP contribution in [-0.2, 0) is 20.7 Å². The summed E-state index contributed by atoms with van der Waals surface area (Å²) < 4.78 is 12.6. The largest absolute Gasteiger partial charge is 0.463 e. The van der Waals surface area contributed by atoms with E-state index in [4.69, 9.17) is 15.2 Å². The van der Waals surface area contributed by atoms with Crippen LogP contribution in [0.15, 0.2) is 101 Å². The number of carbonyl (C=O) groups is 3. The summed E-state index contributed by atoms with van der Waals surface area (Å²) in [6.45, 7) is 10.0. The maximum atomic E-state index is 15.2. The summed E-state index contributed by atoms with van der Waals surface area (Å²) in [7, 11) is 1.88. The van der Waals surface area contributed by atoms with Gasteiger partial charge in [-0.15, -0.1) is 0 Å². The molecular weight excluding hydrogens is 757 g/mol. The Bertz CT molecular complexity index is 2080. The Balaban J connectivity index is 1.19. The average molecular weight is 821 g/mol. The molecule has 12 nitrogen and oxygen atoms in total. The SMILES string of the molecule is CCNC1C=C2C=CCCC2CC1COC(=O)C12OC1(CC(CO)=C(C)CCC1=CCNC(NCNC)=C1)C(=O)c1cccc(CC(C)(C)CC3=CNC(N)C=C3)c1C2=O. The van der Waals surface area contributed by atoms with Gasteiger partial charge in [-0.25, -0.2) is 4.79 Å². The molecule has 6 aliphatic rings. The molecule has 1 fully saturated rings. The third-order valence-corrected chi connectivity index (χ3v) is 13.1. The van der Waals surface area contributed by atoms with Crippen molar-refractivity contribution >= 4 is 17.5 Å². The fourth-order valence-corrected chi connectivity index (χ4v) is 9.83. The van der Waals surface area contributed by atoms with Gasteiger partial charge in [0, 0.05) is 42.3 Å². The first kappa shape index (κ1) is 43.5. The summed E-state index contributed by atoms with van der Waals surface area (Å²) in [6.07, 6.45) is 21.7. The summed E-state index contributed by atoms with van der Waals surface area (Å²) >= 11 is 0. The van der Waals surface area contributed by atoms with Crippen LogP contribution >= 0.6 is 0 Å². The van der Waals surface area contributed by atoms with E-state index < -0.39 is 28.7 Å². The Morgan fingerprint density at radius 3 is 2.73 bits per heavy atom. The number of carbonyl (C=O) groups excluding carboxylic acids is 3. The van der Waals surface area contributed by atoms with Gasteiger partial charge in [-0.05, 0) is 117 Å². The number of rotatable bonds is 18. The first-order valence-corrected chi connectivity index (χ1v) is 21.8. The van der Waals surface area contributed by atoms with Crippen molar-refractivity contribution in [3.63, 3.8) is 0 Å². The van der Waals surface area contributed by atoms with Crippen LogP contribution in [0.2, 0.25) is 0 Å². The number of epoxide rings is 1. The summed E-state index contributed by atoms with van der Waals surface area (Å²) in [4.78, 5) is 45.0. The predicted octanol–water partition coefficient (Wildman–Crippen LogP) is 4.91. The number of aliphatic hydroxyl groups excluding tert-OH is 1. The van der Waals surface area contributed by atoms with Crippen LogP contribution < -0.4 is 32.3 Å². The fourth-order valence-electron chi connectivity index (χ4n) is 9.83. The molecule has 12 heteroatoms. The van der Waals surface area contributed by atoms with Gasteiger partial charge in [0.05, 0.1) is 26.0 Å². The van der Waals surface area contributed by atoms with E-state index in [2.05, 4.69) is 77.7 Å². The van der Waals surface area contributed by atoms with Gasteiger partial charge in [-0.2, -0.15) is 0 Å². The second-order valence-electron chi connectivity index (χ2n) is 18.1. The standard InChI is InChI=1S/C48H64N6O6/c1-6-51-39-22-34-11-8-7-10-33(34)21-36(39)28-59-45(58)48-44(57)42-35(24-46(3,4)23-32-16-17-40(49)53-26-32)12-9-13-38(42)43(56)47(48,60-48)25-37(27-55)30(2)14-15-31-18-19-52-41(20-31)54-29-50-5/h8-9,11-13,16-18,20,22,26,33,36,39-40,50-55H,6-7,10,14-15,19,21,23-25,27-29,49H2,1-5H3. The van der Waals surface area contributed by atoms with E-state index >= 15 is 9.59 Å². The van der Waals surface area contributed by atoms with Crippen molar-refractivity contribution in [1.29, 1.82) is 0 Å².